The minimum Gasteiger partial charge on any atom is -0.406 e. The van der Waals surface area contributed by atoms with Gasteiger partial charge in [-0.3, -0.25) is 0 Å². The molecule has 3 N–H and O–H groups in total. The van der Waals surface area contributed by atoms with Crippen molar-refractivity contribution in [1.82, 2.24) is 0 Å². The number of alkyl halides is 3. The highest BCUT2D eigenvalue weighted by Crippen LogP contribution is 2.35. The summed E-state index contributed by atoms with van der Waals surface area (Å²) >= 11 is 0. The predicted molar refractivity (Wildman–Crippen MR) is 63.4 cm³/mol. The minimum atomic E-state index is -4.73. The Morgan fingerprint density at radius 1 is 1.32 bits per heavy atom. The van der Waals surface area contributed by atoms with E-state index >= 15 is 0 Å². The fraction of sp³-hybridized carbons (Fsp3) is 0.538. The Hall–Kier alpha value is -1.27. The van der Waals surface area contributed by atoms with Crippen LogP contribution in [0.1, 0.15) is 30.9 Å². The van der Waals surface area contributed by atoms with E-state index in [0.717, 1.165) is 19.3 Å². The number of aliphatic hydroxyl groups is 1. The topological polar surface area (TPSA) is 55.5 Å². The summed E-state index contributed by atoms with van der Waals surface area (Å²) in [7, 11) is 0. The Morgan fingerprint density at radius 3 is 2.53 bits per heavy atom. The molecule has 1 aromatic carbocycles. The molecule has 1 fully saturated rings. The van der Waals surface area contributed by atoms with Gasteiger partial charge in [0.05, 0.1) is 12.1 Å². The third-order valence-corrected chi connectivity index (χ3v) is 3.48. The zero-order valence-corrected chi connectivity index (χ0v) is 10.2. The van der Waals surface area contributed by atoms with E-state index in [0.29, 0.717) is 5.56 Å². The summed E-state index contributed by atoms with van der Waals surface area (Å²) in [6.07, 6.45) is -2.57. The van der Waals surface area contributed by atoms with Gasteiger partial charge in [0.15, 0.2) is 0 Å². The number of hydrogen-bond acceptors (Lipinski definition) is 3. The maximum atomic E-state index is 12.1. The third-order valence-electron chi connectivity index (χ3n) is 3.48. The van der Waals surface area contributed by atoms with Crippen LogP contribution in [0.3, 0.4) is 0 Å². The minimum absolute atomic E-state index is 0.141. The van der Waals surface area contributed by atoms with Gasteiger partial charge in [0.25, 0.3) is 0 Å². The van der Waals surface area contributed by atoms with Gasteiger partial charge in [-0.05, 0) is 36.5 Å². The summed E-state index contributed by atoms with van der Waals surface area (Å²) in [5.41, 5.74) is 6.34. The zero-order chi connectivity index (χ0) is 14.0. The van der Waals surface area contributed by atoms with Crippen molar-refractivity contribution in [2.75, 3.05) is 0 Å². The van der Waals surface area contributed by atoms with Gasteiger partial charge in [0.1, 0.15) is 5.75 Å². The molecule has 1 saturated carbocycles. The van der Waals surface area contributed by atoms with Gasteiger partial charge in [-0.15, -0.1) is 13.2 Å². The molecule has 1 aliphatic rings. The summed E-state index contributed by atoms with van der Waals surface area (Å²) < 4.78 is 40.2. The Bertz CT molecular complexity index is 432. The van der Waals surface area contributed by atoms with E-state index in [2.05, 4.69) is 4.74 Å². The van der Waals surface area contributed by atoms with Crippen LogP contribution in [-0.2, 0) is 0 Å². The molecule has 0 saturated heterocycles. The van der Waals surface area contributed by atoms with Crippen LogP contribution in [-0.4, -0.2) is 17.6 Å². The summed E-state index contributed by atoms with van der Waals surface area (Å²) in [4.78, 5) is 0. The van der Waals surface area contributed by atoms with Gasteiger partial charge in [-0.25, -0.2) is 0 Å². The summed E-state index contributed by atoms with van der Waals surface area (Å²) in [6, 6.07) is 4.76. The Balaban J connectivity index is 2.09. The van der Waals surface area contributed by atoms with Crippen LogP contribution in [0, 0.1) is 5.92 Å². The lowest BCUT2D eigenvalue weighted by Crippen LogP contribution is -2.36. The highest BCUT2D eigenvalue weighted by atomic mass is 19.4. The summed E-state index contributed by atoms with van der Waals surface area (Å²) in [5, 5.41) is 10.0. The van der Waals surface area contributed by atoms with Crippen molar-refractivity contribution >= 4 is 0 Å². The van der Waals surface area contributed by atoms with Crippen molar-refractivity contribution < 1.29 is 23.0 Å². The molecule has 0 aliphatic heterocycles. The second kappa shape index (κ2) is 5.38. The number of ether oxygens (including phenoxy) is 1. The van der Waals surface area contributed by atoms with Gasteiger partial charge < -0.3 is 15.6 Å². The van der Waals surface area contributed by atoms with E-state index in [4.69, 9.17) is 5.73 Å². The average Bonchev–Trinajstić information content (AvgIpc) is 2.23. The molecule has 106 valence electrons. The number of rotatable bonds is 4. The SMILES string of the molecule is N[C@H](c1cccc(OC(F)(F)F)c1)[C@@H](O)C1CCC1. The van der Waals surface area contributed by atoms with Crippen LogP contribution in [0.2, 0.25) is 0 Å². The van der Waals surface area contributed by atoms with Crippen molar-refractivity contribution in [3.05, 3.63) is 29.8 Å². The lowest BCUT2D eigenvalue weighted by molar-refractivity contribution is -0.274. The predicted octanol–water partition coefficient (Wildman–Crippen LogP) is 2.75. The van der Waals surface area contributed by atoms with Crippen LogP contribution in [0.15, 0.2) is 24.3 Å². The first-order valence-electron chi connectivity index (χ1n) is 6.16. The van der Waals surface area contributed by atoms with Crippen LogP contribution >= 0.6 is 0 Å². The van der Waals surface area contributed by atoms with Crippen molar-refractivity contribution in [2.24, 2.45) is 11.7 Å². The van der Waals surface area contributed by atoms with Crippen molar-refractivity contribution in [3.8, 4) is 5.75 Å². The third kappa shape index (κ3) is 3.61. The molecule has 0 unspecified atom stereocenters. The number of aliphatic hydroxyl groups excluding tert-OH is 1. The molecule has 1 aliphatic carbocycles. The van der Waals surface area contributed by atoms with Gasteiger partial charge in [-0.1, -0.05) is 18.6 Å². The fourth-order valence-electron chi connectivity index (χ4n) is 2.19. The van der Waals surface area contributed by atoms with Crippen molar-refractivity contribution in [1.29, 1.82) is 0 Å². The van der Waals surface area contributed by atoms with Gasteiger partial charge >= 0.3 is 6.36 Å². The van der Waals surface area contributed by atoms with Gasteiger partial charge in [0, 0.05) is 0 Å². The van der Waals surface area contributed by atoms with Crippen LogP contribution in [0.25, 0.3) is 0 Å². The molecule has 1 aromatic rings. The molecule has 0 amide bonds. The highest BCUT2D eigenvalue weighted by molar-refractivity contribution is 5.31. The summed E-state index contributed by atoms with van der Waals surface area (Å²) in [5.74, 6) is -0.177. The Morgan fingerprint density at radius 2 is 2.00 bits per heavy atom. The second-order valence-corrected chi connectivity index (χ2v) is 4.83. The normalized spacial score (nSPS) is 19.6. The number of halogens is 3. The first-order chi connectivity index (χ1) is 8.87. The van der Waals surface area contributed by atoms with E-state index in [1.807, 2.05) is 0 Å². The van der Waals surface area contributed by atoms with Crippen LogP contribution < -0.4 is 10.5 Å². The lowest BCUT2D eigenvalue weighted by Gasteiger charge is -2.33. The standard InChI is InChI=1S/C13H16F3NO2/c14-13(15,16)19-10-6-2-5-9(7-10)11(17)12(18)8-3-1-4-8/h2,5-8,11-12,18H,1,3-4,17H2/t11-,12+/m1/s1. The van der Waals surface area contributed by atoms with E-state index in [-0.39, 0.29) is 11.7 Å². The first-order valence-corrected chi connectivity index (χ1v) is 6.16. The lowest BCUT2D eigenvalue weighted by atomic mass is 9.77. The van der Waals surface area contributed by atoms with E-state index in [9.17, 15) is 18.3 Å². The summed E-state index contributed by atoms with van der Waals surface area (Å²) in [6.45, 7) is 0. The number of benzene rings is 1. The van der Waals surface area contributed by atoms with E-state index in [1.165, 1.54) is 18.2 Å². The van der Waals surface area contributed by atoms with Crippen molar-refractivity contribution in [3.63, 3.8) is 0 Å². The monoisotopic (exact) mass is 275 g/mol. The molecular weight excluding hydrogens is 259 g/mol. The zero-order valence-electron chi connectivity index (χ0n) is 10.2. The highest BCUT2D eigenvalue weighted by Gasteiger charge is 2.33. The molecule has 0 spiro atoms. The molecular formula is C13H16F3NO2. The van der Waals surface area contributed by atoms with E-state index in [1.54, 1.807) is 6.07 Å². The number of nitrogens with two attached hydrogens (primary N) is 1. The molecule has 0 bridgehead atoms. The molecule has 19 heavy (non-hydrogen) atoms. The maximum absolute atomic E-state index is 12.1. The molecule has 2 atom stereocenters. The van der Waals surface area contributed by atoms with E-state index < -0.39 is 18.5 Å². The van der Waals surface area contributed by atoms with Crippen molar-refractivity contribution in [2.45, 2.75) is 37.8 Å². The van der Waals surface area contributed by atoms with Crippen LogP contribution in [0.5, 0.6) is 5.75 Å². The Labute approximate surface area is 109 Å². The molecule has 0 heterocycles. The molecule has 2 rings (SSSR count). The molecule has 0 aromatic heterocycles. The van der Waals surface area contributed by atoms with Gasteiger partial charge in [-0.2, -0.15) is 0 Å². The number of hydrogen-bond donors (Lipinski definition) is 2. The fourth-order valence-corrected chi connectivity index (χ4v) is 2.19. The quantitative estimate of drug-likeness (QED) is 0.888. The largest absolute Gasteiger partial charge is 0.573 e. The Kier molecular flexibility index (Phi) is 4.01. The smallest absolute Gasteiger partial charge is 0.406 e. The molecule has 6 heteroatoms. The second-order valence-electron chi connectivity index (χ2n) is 4.83. The average molecular weight is 275 g/mol. The maximum Gasteiger partial charge on any atom is 0.573 e. The molecule has 3 nitrogen and oxygen atoms in total. The molecule has 0 radical (unpaired) electrons. The van der Waals surface area contributed by atoms with Gasteiger partial charge in [0.2, 0.25) is 0 Å². The van der Waals surface area contributed by atoms with Crippen LogP contribution in [0.4, 0.5) is 13.2 Å². The first kappa shape index (κ1) is 14.1.